The molecule has 0 aromatic heterocycles. The Morgan fingerprint density at radius 3 is 2.50 bits per heavy atom. The van der Waals surface area contributed by atoms with Crippen molar-refractivity contribution in [3.63, 3.8) is 0 Å². The van der Waals surface area contributed by atoms with Crippen LogP contribution in [0.15, 0.2) is 65.2 Å². The van der Waals surface area contributed by atoms with E-state index in [4.69, 9.17) is 27.9 Å². The average Bonchev–Trinajstić information content (AvgIpc) is 3.24. The highest BCUT2D eigenvalue weighted by Crippen LogP contribution is 2.50. The standard InChI is InChI=1S/C24H24Cl2N2O4/c25-17-8-9-19(26)18(12-17)23(10-4-5-11-23)15-24(22(30)31)27-13-20(21(29)28-24)32-14-16-6-2-1-3-7-16/h1-3,6-9,12-13,28-29H,4-5,10-11,14-15H2,(H,30,31). The molecule has 3 N–H and O–H groups in total. The predicted octanol–water partition coefficient (Wildman–Crippen LogP) is 5.59. The summed E-state index contributed by atoms with van der Waals surface area (Å²) in [6, 6.07) is 14.7. The van der Waals surface area contributed by atoms with Crippen molar-refractivity contribution in [3.8, 4) is 0 Å². The topological polar surface area (TPSA) is 91.2 Å². The second-order valence-electron chi connectivity index (χ2n) is 8.32. The molecule has 8 heteroatoms. The number of hydrogen-bond acceptors (Lipinski definition) is 5. The molecule has 4 rings (SSSR count). The summed E-state index contributed by atoms with van der Waals surface area (Å²) in [5.74, 6) is -1.46. The minimum absolute atomic E-state index is 0.0898. The third-order valence-corrected chi connectivity index (χ3v) is 6.77. The number of benzene rings is 2. The van der Waals surface area contributed by atoms with Crippen molar-refractivity contribution in [3.05, 3.63) is 81.3 Å². The van der Waals surface area contributed by atoms with Gasteiger partial charge in [-0.05, 0) is 42.2 Å². The van der Waals surface area contributed by atoms with Gasteiger partial charge in [-0.2, -0.15) is 0 Å². The summed E-state index contributed by atoms with van der Waals surface area (Å²) >= 11 is 12.8. The molecule has 0 spiro atoms. The van der Waals surface area contributed by atoms with Crippen LogP contribution in [0.3, 0.4) is 0 Å². The number of carboxylic acid groups (broad SMARTS) is 1. The smallest absolute Gasteiger partial charge is 0.352 e. The monoisotopic (exact) mass is 474 g/mol. The van der Waals surface area contributed by atoms with Crippen LogP contribution in [0.1, 0.15) is 43.2 Å². The number of aliphatic carboxylic acids is 1. The second kappa shape index (κ2) is 9.04. The number of aliphatic hydroxyl groups excluding tert-OH is 1. The molecule has 32 heavy (non-hydrogen) atoms. The fraction of sp³-hybridized carbons (Fsp3) is 0.333. The van der Waals surface area contributed by atoms with Gasteiger partial charge in [0.15, 0.2) is 5.76 Å². The average molecular weight is 475 g/mol. The largest absolute Gasteiger partial charge is 0.492 e. The first-order valence-electron chi connectivity index (χ1n) is 10.5. The van der Waals surface area contributed by atoms with Gasteiger partial charge in [-0.1, -0.05) is 66.4 Å². The first-order valence-corrected chi connectivity index (χ1v) is 11.2. The van der Waals surface area contributed by atoms with E-state index >= 15 is 0 Å². The van der Waals surface area contributed by atoms with E-state index in [9.17, 15) is 15.0 Å². The number of hydrogen-bond donors (Lipinski definition) is 3. The molecule has 1 aliphatic heterocycles. The van der Waals surface area contributed by atoms with Crippen LogP contribution in [0.2, 0.25) is 10.0 Å². The zero-order valence-corrected chi connectivity index (χ0v) is 18.9. The second-order valence-corrected chi connectivity index (χ2v) is 9.17. The molecule has 6 nitrogen and oxygen atoms in total. The Kier molecular flexibility index (Phi) is 6.35. The quantitative estimate of drug-likeness (QED) is 0.486. The van der Waals surface area contributed by atoms with Crippen LogP contribution in [-0.4, -0.2) is 28.1 Å². The maximum Gasteiger partial charge on any atom is 0.352 e. The molecule has 0 bridgehead atoms. The maximum atomic E-state index is 12.4. The number of allylic oxidation sites excluding steroid dienone is 1. The zero-order chi connectivity index (χ0) is 22.8. The van der Waals surface area contributed by atoms with Crippen LogP contribution in [0, 0.1) is 0 Å². The summed E-state index contributed by atoms with van der Waals surface area (Å²) < 4.78 is 5.66. The van der Waals surface area contributed by atoms with Gasteiger partial charge in [-0.15, -0.1) is 0 Å². The van der Waals surface area contributed by atoms with Gasteiger partial charge in [0, 0.05) is 21.9 Å². The Morgan fingerprint density at radius 1 is 1.12 bits per heavy atom. The summed E-state index contributed by atoms with van der Waals surface area (Å²) in [7, 11) is 0. The molecule has 1 unspecified atom stereocenters. The lowest BCUT2D eigenvalue weighted by molar-refractivity contribution is -0.145. The minimum Gasteiger partial charge on any atom is -0.492 e. The summed E-state index contributed by atoms with van der Waals surface area (Å²) in [6.07, 6.45) is 4.78. The van der Waals surface area contributed by atoms with Gasteiger partial charge in [0.2, 0.25) is 11.5 Å². The van der Waals surface area contributed by atoms with E-state index in [0.717, 1.165) is 36.8 Å². The number of aliphatic hydroxyl groups is 1. The Bertz CT molecular complexity index is 1060. The number of carbonyl (C=O) groups is 1. The molecular weight excluding hydrogens is 451 g/mol. The summed E-state index contributed by atoms with van der Waals surface area (Å²) in [5.41, 5.74) is -0.555. The molecule has 168 valence electrons. The third kappa shape index (κ3) is 4.43. The normalized spacial score (nSPS) is 21.9. The van der Waals surface area contributed by atoms with Crippen molar-refractivity contribution in [2.75, 3.05) is 0 Å². The van der Waals surface area contributed by atoms with Gasteiger partial charge in [0.1, 0.15) is 6.61 Å². The third-order valence-electron chi connectivity index (χ3n) is 6.21. The Balaban J connectivity index is 1.61. The number of carboxylic acids is 1. The van der Waals surface area contributed by atoms with Crippen molar-refractivity contribution in [2.24, 2.45) is 4.99 Å². The number of nitrogens with one attached hydrogen (secondary N) is 1. The van der Waals surface area contributed by atoms with E-state index in [2.05, 4.69) is 10.3 Å². The molecule has 1 saturated carbocycles. The number of ether oxygens (including phenoxy) is 1. The lowest BCUT2D eigenvalue weighted by atomic mass is 9.72. The first-order chi connectivity index (χ1) is 15.3. The van der Waals surface area contributed by atoms with Gasteiger partial charge in [0.05, 0.1) is 6.21 Å². The zero-order valence-electron chi connectivity index (χ0n) is 17.4. The molecule has 1 heterocycles. The van der Waals surface area contributed by atoms with E-state index in [1.165, 1.54) is 6.21 Å². The molecule has 0 amide bonds. The Labute approximate surface area is 196 Å². The van der Waals surface area contributed by atoms with Crippen molar-refractivity contribution in [2.45, 2.75) is 49.8 Å². The number of nitrogens with zero attached hydrogens (tertiary/aromatic N) is 1. The Morgan fingerprint density at radius 2 is 1.84 bits per heavy atom. The molecule has 2 aliphatic rings. The van der Waals surface area contributed by atoms with Crippen LogP contribution < -0.4 is 5.32 Å². The van der Waals surface area contributed by atoms with Crippen molar-refractivity contribution >= 4 is 35.4 Å². The van der Waals surface area contributed by atoms with Crippen molar-refractivity contribution in [1.82, 2.24) is 5.32 Å². The van der Waals surface area contributed by atoms with Gasteiger partial charge in [-0.25, -0.2) is 9.79 Å². The fourth-order valence-electron chi connectivity index (χ4n) is 4.62. The van der Waals surface area contributed by atoms with E-state index in [-0.39, 0.29) is 24.7 Å². The van der Waals surface area contributed by atoms with Crippen LogP contribution in [-0.2, 0) is 21.6 Å². The highest BCUT2D eigenvalue weighted by molar-refractivity contribution is 6.33. The molecule has 0 radical (unpaired) electrons. The maximum absolute atomic E-state index is 12.4. The van der Waals surface area contributed by atoms with E-state index in [1.54, 1.807) is 18.2 Å². The molecule has 0 saturated heterocycles. The van der Waals surface area contributed by atoms with Crippen molar-refractivity contribution in [1.29, 1.82) is 0 Å². The predicted molar refractivity (Wildman–Crippen MR) is 124 cm³/mol. The molecular formula is C24H24Cl2N2O4. The van der Waals surface area contributed by atoms with Gasteiger partial charge >= 0.3 is 5.97 Å². The molecule has 1 aliphatic carbocycles. The van der Waals surface area contributed by atoms with Crippen LogP contribution >= 0.6 is 23.2 Å². The van der Waals surface area contributed by atoms with Crippen LogP contribution in [0.5, 0.6) is 0 Å². The van der Waals surface area contributed by atoms with Crippen molar-refractivity contribution < 1.29 is 19.7 Å². The lowest BCUT2D eigenvalue weighted by Gasteiger charge is -2.39. The minimum atomic E-state index is -1.75. The summed E-state index contributed by atoms with van der Waals surface area (Å²) in [5, 5.41) is 24.5. The van der Waals surface area contributed by atoms with Gasteiger partial charge in [0.25, 0.3) is 0 Å². The fourth-order valence-corrected chi connectivity index (χ4v) is 5.11. The number of aliphatic imine (C=N–C) groups is 1. The Hall–Kier alpha value is -2.70. The van der Waals surface area contributed by atoms with Gasteiger partial charge in [-0.3, -0.25) is 0 Å². The molecule has 2 aromatic carbocycles. The summed E-state index contributed by atoms with van der Waals surface area (Å²) in [6.45, 7) is 0.218. The first kappa shape index (κ1) is 22.5. The highest BCUT2D eigenvalue weighted by Gasteiger charge is 2.50. The lowest BCUT2D eigenvalue weighted by Crippen LogP contribution is -2.55. The van der Waals surface area contributed by atoms with E-state index < -0.39 is 17.0 Å². The molecule has 1 fully saturated rings. The SMILES string of the molecule is O=C(O)C1(CC2(c3cc(Cl)ccc3Cl)CCCC2)N=CC(OCc2ccccc2)=C(O)N1. The highest BCUT2D eigenvalue weighted by atomic mass is 35.5. The molecule has 2 aromatic rings. The van der Waals surface area contributed by atoms with E-state index in [0.29, 0.717) is 10.0 Å². The number of halogens is 2. The van der Waals surface area contributed by atoms with E-state index in [1.807, 2.05) is 30.3 Å². The van der Waals surface area contributed by atoms with Crippen LogP contribution in [0.4, 0.5) is 0 Å². The van der Waals surface area contributed by atoms with Gasteiger partial charge < -0.3 is 20.3 Å². The molecule has 1 atom stereocenters. The number of rotatable bonds is 7. The van der Waals surface area contributed by atoms with Crippen LogP contribution in [0.25, 0.3) is 0 Å². The summed E-state index contributed by atoms with van der Waals surface area (Å²) in [4.78, 5) is 16.7.